The van der Waals surface area contributed by atoms with Crippen LogP contribution in [0.5, 0.6) is 0 Å². The van der Waals surface area contributed by atoms with Gasteiger partial charge in [0.05, 0.1) is 30.0 Å². The van der Waals surface area contributed by atoms with Crippen LogP contribution in [0.1, 0.15) is 30.0 Å². The highest BCUT2D eigenvalue weighted by atomic mass is 32.2. The Labute approximate surface area is 197 Å². The Balaban J connectivity index is 1.56. The number of nitrogens with zero attached hydrogens (tertiary/aromatic N) is 5. The molecule has 1 atom stereocenters. The summed E-state index contributed by atoms with van der Waals surface area (Å²) in [5.74, 6) is -1.05. The summed E-state index contributed by atoms with van der Waals surface area (Å²) in [5.41, 5.74) is -1.71. The zero-order chi connectivity index (χ0) is 24.7. The second-order valence-corrected chi connectivity index (χ2v) is 11.5. The lowest BCUT2D eigenvalue weighted by atomic mass is 10.1. The third kappa shape index (κ3) is 5.82. The van der Waals surface area contributed by atoms with E-state index in [1.54, 1.807) is 4.90 Å². The molecule has 0 unspecified atom stereocenters. The van der Waals surface area contributed by atoms with E-state index in [2.05, 4.69) is 20.3 Å². The van der Waals surface area contributed by atoms with Crippen LogP contribution >= 0.6 is 11.3 Å². The molecule has 4 heterocycles. The molecule has 2 aliphatic heterocycles. The monoisotopic (exact) mass is 524 g/mol. The third-order valence-electron chi connectivity index (χ3n) is 5.76. The topological polar surface area (TPSA) is 112 Å². The number of rotatable bonds is 6. The Hall–Kier alpha value is -1.94. The van der Waals surface area contributed by atoms with E-state index in [0.717, 1.165) is 12.5 Å². The van der Waals surface area contributed by atoms with Gasteiger partial charge in [-0.2, -0.15) is 13.2 Å². The largest absolute Gasteiger partial charge is 0.434 e. The highest BCUT2D eigenvalue weighted by Gasteiger charge is 2.39. The molecular weight excluding hydrogens is 500 g/mol. The van der Waals surface area contributed by atoms with Crippen molar-refractivity contribution in [1.29, 1.82) is 0 Å². The van der Waals surface area contributed by atoms with Crippen LogP contribution in [0.4, 0.5) is 23.5 Å². The summed E-state index contributed by atoms with van der Waals surface area (Å²) in [4.78, 5) is 13.0. The number of piperidine rings is 1. The standard InChI is InChI=1S/C19H24F4N6O3S2/c1-34(31,32)29-6-2-11(3-7-29)25-18-24-8-13(20)15(27-18)16-17(19(21,22)23)26-14(33-16)10-28-5-4-12(30)9-28/h8,11-12,30H,2-7,9-10H2,1H3,(H,24,25,27)/t12-/m0/s1. The van der Waals surface area contributed by atoms with E-state index in [0.29, 0.717) is 43.7 Å². The van der Waals surface area contributed by atoms with Crippen molar-refractivity contribution in [3.05, 3.63) is 22.7 Å². The fraction of sp³-hybridized carbons (Fsp3) is 0.632. The van der Waals surface area contributed by atoms with Crippen LogP contribution in [0.3, 0.4) is 0 Å². The number of alkyl halides is 3. The van der Waals surface area contributed by atoms with Gasteiger partial charge in [-0.15, -0.1) is 11.3 Å². The molecule has 34 heavy (non-hydrogen) atoms. The van der Waals surface area contributed by atoms with Crippen molar-refractivity contribution in [2.24, 2.45) is 0 Å². The fourth-order valence-corrected chi connectivity index (χ4v) is 6.03. The molecule has 2 aromatic rings. The number of thiazole rings is 1. The fourth-order valence-electron chi connectivity index (χ4n) is 4.04. The lowest BCUT2D eigenvalue weighted by Crippen LogP contribution is -2.42. The van der Waals surface area contributed by atoms with Crippen molar-refractivity contribution in [2.75, 3.05) is 37.8 Å². The molecule has 4 rings (SSSR count). The number of hydrogen-bond donors (Lipinski definition) is 2. The predicted molar refractivity (Wildman–Crippen MR) is 117 cm³/mol. The maximum atomic E-state index is 14.6. The van der Waals surface area contributed by atoms with Gasteiger partial charge in [-0.25, -0.2) is 32.1 Å². The lowest BCUT2D eigenvalue weighted by Gasteiger charge is -2.30. The zero-order valence-electron chi connectivity index (χ0n) is 18.2. The normalized spacial score (nSPS) is 21.3. The maximum absolute atomic E-state index is 14.6. The van der Waals surface area contributed by atoms with Crippen LogP contribution < -0.4 is 5.32 Å². The lowest BCUT2D eigenvalue weighted by molar-refractivity contribution is -0.140. The molecule has 188 valence electrons. The van der Waals surface area contributed by atoms with Gasteiger partial charge in [-0.1, -0.05) is 0 Å². The van der Waals surface area contributed by atoms with Crippen molar-refractivity contribution in [2.45, 2.75) is 44.1 Å². The van der Waals surface area contributed by atoms with Crippen molar-refractivity contribution in [3.8, 4) is 10.6 Å². The minimum Gasteiger partial charge on any atom is -0.392 e. The van der Waals surface area contributed by atoms with Crippen molar-refractivity contribution < 1.29 is 31.1 Å². The second-order valence-electron chi connectivity index (χ2n) is 8.43. The first-order valence-electron chi connectivity index (χ1n) is 10.6. The first kappa shape index (κ1) is 25.2. The predicted octanol–water partition coefficient (Wildman–Crippen LogP) is 2.16. The van der Waals surface area contributed by atoms with E-state index >= 15 is 0 Å². The number of hydrogen-bond acceptors (Lipinski definition) is 9. The molecule has 2 aliphatic rings. The van der Waals surface area contributed by atoms with E-state index in [1.165, 1.54) is 4.31 Å². The second kappa shape index (κ2) is 9.60. The maximum Gasteiger partial charge on any atom is 0.434 e. The van der Waals surface area contributed by atoms with Crippen LogP contribution in [-0.4, -0.2) is 82.3 Å². The summed E-state index contributed by atoms with van der Waals surface area (Å²) in [6, 6.07) is -0.211. The molecule has 0 aliphatic carbocycles. The van der Waals surface area contributed by atoms with Crippen molar-refractivity contribution >= 4 is 27.3 Å². The average molecular weight is 525 g/mol. The molecule has 0 radical (unpaired) electrons. The first-order chi connectivity index (χ1) is 15.9. The Morgan fingerprint density at radius 1 is 1.21 bits per heavy atom. The van der Waals surface area contributed by atoms with Gasteiger partial charge in [-0.3, -0.25) is 4.90 Å². The minimum atomic E-state index is -4.81. The molecule has 0 amide bonds. The van der Waals surface area contributed by atoms with Crippen LogP contribution in [0.15, 0.2) is 6.20 Å². The third-order valence-corrected chi connectivity index (χ3v) is 8.11. The Kier molecular flexibility index (Phi) is 7.11. The number of likely N-dealkylation sites (tertiary alicyclic amines) is 1. The zero-order valence-corrected chi connectivity index (χ0v) is 19.9. The summed E-state index contributed by atoms with van der Waals surface area (Å²) in [5, 5.41) is 12.8. The molecule has 0 saturated carbocycles. The quantitative estimate of drug-likeness (QED) is 0.553. The van der Waals surface area contributed by atoms with Gasteiger partial charge in [0, 0.05) is 32.2 Å². The SMILES string of the molecule is CS(=O)(=O)N1CCC(Nc2ncc(F)c(-c3sc(CN4CC[C@H](O)C4)nc3C(F)(F)F)n2)CC1. The van der Waals surface area contributed by atoms with Gasteiger partial charge in [0.15, 0.2) is 11.5 Å². The average Bonchev–Trinajstić information content (AvgIpc) is 3.35. The number of aromatic nitrogens is 3. The molecule has 2 saturated heterocycles. The Morgan fingerprint density at radius 2 is 1.91 bits per heavy atom. The molecule has 0 bridgehead atoms. The van der Waals surface area contributed by atoms with Crippen LogP contribution in [0.2, 0.25) is 0 Å². The summed E-state index contributed by atoms with van der Waals surface area (Å²) < 4.78 is 80.4. The van der Waals surface area contributed by atoms with Gasteiger partial charge in [0.1, 0.15) is 10.7 Å². The molecule has 0 spiro atoms. The van der Waals surface area contributed by atoms with Crippen molar-refractivity contribution in [3.63, 3.8) is 0 Å². The van der Waals surface area contributed by atoms with E-state index in [1.807, 2.05) is 0 Å². The molecule has 0 aromatic carbocycles. The molecule has 2 N–H and O–H groups in total. The van der Waals surface area contributed by atoms with Gasteiger partial charge in [0.2, 0.25) is 16.0 Å². The van der Waals surface area contributed by atoms with Gasteiger partial charge in [0.25, 0.3) is 0 Å². The Bertz CT molecular complexity index is 1140. The number of halogens is 4. The number of β-amino-alcohol motifs (C(OH)–C–C–N with tert-alkyl or cyclic N) is 1. The summed E-state index contributed by atoms with van der Waals surface area (Å²) in [6.07, 6.45) is -1.97. The molecule has 2 fully saturated rings. The number of aliphatic hydroxyl groups excluding tert-OH is 1. The number of nitrogens with one attached hydrogen (secondary N) is 1. The van der Waals surface area contributed by atoms with E-state index < -0.39 is 44.4 Å². The van der Waals surface area contributed by atoms with Crippen LogP contribution in [0.25, 0.3) is 10.6 Å². The highest BCUT2D eigenvalue weighted by molar-refractivity contribution is 7.88. The smallest absolute Gasteiger partial charge is 0.392 e. The number of anilines is 1. The minimum absolute atomic E-state index is 0.0417. The van der Waals surface area contributed by atoms with E-state index in [4.69, 9.17) is 0 Å². The van der Waals surface area contributed by atoms with Gasteiger partial charge < -0.3 is 10.4 Å². The summed E-state index contributed by atoms with van der Waals surface area (Å²) >= 11 is 0.714. The number of aliphatic hydroxyl groups is 1. The molecule has 2 aromatic heterocycles. The summed E-state index contributed by atoms with van der Waals surface area (Å²) in [6.45, 7) is 1.55. The summed E-state index contributed by atoms with van der Waals surface area (Å²) in [7, 11) is -3.30. The van der Waals surface area contributed by atoms with E-state index in [9.17, 15) is 31.1 Å². The van der Waals surface area contributed by atoms with Gasteiger partial charge >= 0.3 is 6.18 Å². The molecular formula is C19H24F4N6O3S2. The van der Waals surface area contributed by atoms with E-state index in [-0.39, 0.29) is 36.6 Å². The number of sulfonamides is 1. The van der Waals surface area contributed by atoms with Crippen LogP contribution in [0, 0.1) is 5.82 Å². The van der Waals surface area contributed by atoms with Crippen molar-refractivity contribution in [1.82, 2.24) is 24.2 Å². The van der Waals surface area contributed by atoms with Crippen LogP contribution in [-0.2, 0) is 22.7 Å². The van der Waals surface area contributed by atoms with Gasteiger partial charge in [-0.05, 0) is 19.3 Å². The first-order valence-corrected chi connectivity index (χ1v) is 13.3. The molecule has 15 heteroatoms. The molecule has 9 nitrogen and oxygen atoms in total. The highest BCUT2D eigenvalue weighted by Crippen LogP contribution is 2.41. The Morgan fingerprint density at radius 3 is 2.50 bits per heavy atom.